The average Bonchev–Trinajstić information content (AvgIpc) is 3.03. The lowest BCUT2D eigenvalue weighted by Crippen LogP contribution is -2.35. The first-order valence-electron chi connectivity index (χ1n) is 9.07. The Morgan fingerprint density at radius 3 is 2.65 bits per heavy atom. The Kier molecular flexibility index (Phi) is 7.17. The van der Waals surface area contributed by atoms with Crippen molar-refractivity contribution < 1.29 is 4.79 Å². The minimum absolute atomic E-state index is 0.0644. The van der Waals surface area contributed by atoms with Crippen LogP contribution in [0.5, 0.6) is 0 Å². The van der Waals surface area contributed by atoms with Crippen molar-refractivity contribution in [1.82, 2.24) is 19.7 Å². The van der Waals surface area contributed by atoms with Gasteiger partial charge in [0.2, 0.25) is 5.82 Å². The first kappa shape index (κ1) is 20.4. The molecule has 26 heavy (non-hydrogen) atoms. The van der Waals surface area contributed by atoms with Crippen molar-refractivity contribution in [1.29, 1.82) is 0 Å². The lowest BCUT2D eigenvalue weighted by molar-refractivity contribution is 0.0777. The number of nitrogens with two attached hydrogens (primary N) is 1. The molecule has 1 aromatic carbocycles. The van der Waals surface area contributed by atoms with Crippen molar-refractivity contribution in [3.8, 4) is 5.69 Å². The highest BCUT2D eigenvalue weighted by molar-refractivity contribution is 6.32. The third kappa shape index (κ3) is 4.83. The monoisotopic (exact) mass is 377 g/mol. The van der Waals surface area contributed by atoms with Crippen molar-refractivity contribution in [2.75, 3.05) is 13.6 Å². The summed E-state index contributed by atoms with van der Waals surface area (Å²) in [7, 11) is 1.76. The molecule has 2 rings (SSSR count). The third-order valence-corrected chi connectivity index (χ3v) is 4.74. The van der Waals surface area contributed by atoms with Crippen LogP contribution in [0, 0.1) is 5.92 Å². The van der Waals surface area contributed by atoms with Crippen LogP contribution in [-0.2, 0) is 6.42 Å². The average molecular weight is 378 g/mol. The molecule has 0 aliphatic rings. The van der Waals surface area contributed by atoms with Crippen LogP contribution in [0.15, 0.2) is 24.3 Å². The van der Waals surface area contributed by atoms with Crippen molar-refractivity contribution >= 4 is 17.5 Å². The summed E-state index contributed by atoms with van der Waals surface area (Å²) in [5.74, 6) is 1.10. The number of nitrogens with zero attached hydrogens (tertiary/aromatic N) is 4. The van der Waals surface area contributed by atoms with Gasteiger partial charge in [-0.05, 0) is 30.9 Å². The van der Waals surface area contributed by atoms with E-state index < -0.39 is 0 Å². The zero-order valence-corrected chi connectivity index (χ0v) is 16.7. The number of aryl methyl sites for hydroxylation is 1. The number of halogens is 1. The van der Waals surface area contributed by atoms with Gasteiger partial charge in [0.1, 0.15) is 5.82 Å². The van der Waals surface area contributed by atoms with Crippen LogP contribution in [0.25, 0.3) is 5.69 Å². The van der Waals surface area contributed by atoms with Crippen LogP contribution in [0.2, 0.25) is 5.02 Å². The van der Waals surface area contributed by atoms with Gasteiger partial charge in [0.05, 0.1) is 10.7 Å². The normalized spacial score (nSPS) is 12.4. The maximum Gasteiger partial charge on any atom is 0.293 e. The Labute approximate surface area is 160 Å². The van der Waals surface area contributed by atoms with Crippen molar-refractivity contribution in [2.45, 2.75) is 46.1 Å². The maximum absolute atomic E-state index is 12.7. The fourth-order valence-electron chi connectivity index (χ4n) is 2.59. The number of carbonyl (C=O) groups is 1. The molecule has 0 fully saturated rings. The van der Waals surface area contributed by atoms with E-state index in [0.29, 0.717) is 23.9 Å². The van der Waals surface area contributed by atoms with Gasteiger partial charge in [-0.25, -0.2) is 9.67 Å². The molecule has 0 aliphatic heterocycles. The van der Waals surface area contributed by atoms with Gasteiger partial charge in [0.25, 0.3) is 5.91 Å². The number of aromatic nitrogens is 3. The van der Waals surface area contributed by atoms with E-state index in [9.17, 15) is 4.79 Å². The minimum atomic E-state index is -0.205. The molecule has 1 amide bonds. The number of rotatable bonds is 8. The summed E-state index contributed by atoms with van der Waals surface area (Å²) in [5, 5.41) is 5.02. The minimum Gasteiger partial charge on any atom is -0.339 e. The van der Waals surface area contributed by atoms with Gasteiger partial charge in [0, 0.05) is 26.1 Å². The number of amides is 1. The highest BCUT2D eigenvalue weighted by atomic mass is 35.5. The molecule has 2 aromatic rings. The summed E-state index contributed by atoms with van der Waals surface area (Å²) in [6, 6.07) is 7.49. The molecule has 1 aromatic heterocycles. The Balaban J connectivity index is 2.23. The van der Waals surface area contributed by atoms with E-state index in [2.05, 4.69) is 30.9 Å². The van der Waals surface area contributed by atoms with Crippen LogP contribution in [0.4, 0.5) is 0 Å². The Hall–Kier alpha value is -1.92. The number of carbonyl (C=O) groups excluding carboxylic acids is 1. The van der Waals surface area contributed by atoms with Crippen LogP contribution in [0.3, 0.4) is 0 Å². The molecular weight excluding hydrogens is 350 g/mol. The number of hydrogen-bond acceptors (Lipinski definition) is 4. The lowest BCUT2D eigenvalue weighted by atomic mass is 10.0. The smallest absolute Gasteiger partial charge is 0.293 e. The quantitative estimate of drug-likeness (QED) is 0.765. The summed E-state index contributed by atoms with van der Waals surface area (Å²) in [5.41, 5.74) is 6.81. The number of hydrogen-bond donors (Lipinski definition) is 1. The molecule has 0 saturated carbocycles. The van der Waals surface area contributed by atoms with Crippen LogP contribution in [-0.4, -0.2) is 45.2 Å². The van der Waals surface area contributed by atoms with Gasteiger partial charge in [-0.15, -0.1) is 5.10 Å². The standard InChI is InChI=1S/C19H28ClN5O/c1-5-8-17-22-18(19(26)24(4)12-11-15(21)13(2)3)23-25(17)16-10-7-6-9-14(16)20/h6-7,9-10,13,15H,5,8,11-12,21H2,1-4H3. The number of benzene rings is 1. The molecule has 1 atom stereocenters. The van der Waals surface area contributed by atoms with E-state index in [4.69, 9.17) is 17.3 Å². The summed E-state index contributed by atoms with van der Waals surface area (Å²) < 4.78 is 1.67. The van der Waals surface area contributed by atoms with Crippen molar-refractivity contribution in [3.63, 3.8) is 0 Å². The Morgan fingerprint density at radius 1 is 1.35 bits per heavy atom. The molecular formula is C19H28ClN5O. The van der Waals surface area contributed by atoms with Crippen LogP contribution >= 0.6 is 11.6 Å². The molecule has 0 bridgehead atoms. The van der Waals surface area contributed by atoms with Gasteiger partial charge >= 0.3 is 0 Å². The van der Waals surface area contributed by atoms with Crippen molar-refractivity contribution in [3.05, 3.63) is 40.9 Å². The fraction of sp³-hybridized carbons (Fsp3) is 0.526. The van der Waals surface area contributed by atoms with Gasteiger partial charge in [-0.1, -0.05) is 44.5 Å². The summed E-state index contributed by atoms with van der Waals surface area (Å²) in [4.78, 5) is 18.8. The highest BCUT2D eigenvalue weighted by Gasteiger charge is 2.21. The second-order valence-electron chi connectivity index (χ2n) is 6.89. The Bertz CT molecular complexity index is 743. The van der Waals surface area contributed by atoms with Crippen LogP contribution < -0.4 is 5.73 Å². The van der Waals surface area contributed by atoms with E-state index in [1.165, 1.54) is 0 Å². The second kappa shape index (κ2) is 9.14. The predicted molar refractivity (Wildman–Crippen MR) is 105 cm³/mol. The predicted octanol–water partition coefficient (Wildman–Crippen LogP) is 3.32. The largest absolute Gasteiger partial charge is 0.339 e. The molecule has 0 radical (unpaired) electrons. The molecule has 0 aliphatic carbocycles. The third-order valence-electron chi connectivity index (χ3n) is 4.42. The summed E-state index contributed by atoms with van der Waals surface area (Å²) in [6.45, 7) is 6.79. The molecule has 1 unspecified atom stereocenters. The Morgan fingerprint density at radius 2 is 2.04 bits per heavy atom. The molecule has 7 heteroatoms. The zero-order chi connectivity index (χ0) is 19.3. The molecule has 142 valence electrons. The molecule has 0 spiro atoms. The first-order valence-corrected chi connectivity index (χ1v) is 9.44. The molecule has 0 saturated heterocycles. The first-order chi connectivity index (χ1) is 12.3. The molecule has 1 heterocycles. The molecule has 2 N–H and O–H groups in total. The number of para-hydroxylation sites is 1. The fourth-order valence-corrected chi connectivity index (χ4v) is 2.80. The molecule has 6 nitrogen and oxygen atoms in total. The maximum atomic E-state index is 12.7. The summed E-state index contributed by atoms with van der Waals surface area (Å²) >= 11 is 6.30. The van der Waals surface area contributed by atoms with E-state index in [0.717, 1.165) is 24.4 Å². The van der Waals surface area contributed by atoms with E-state index >= 15 is 0 Å². The van der Waals surface area contributed by atoms with Gasteiger partial charge in [-0.3, -0.25) is 4.79 Å². The van der Waals surface area contributed by atoms with Gasteiger partial charge in [-0.2, -0.15) is 0 Å². The lowest BCUT2D eigenvalue weighted by Gasteiger charge is -2.20. The van der Waals surface area contributed by atoms with Crippen molar-refractivity contribution in [2.24, 2.45) is 11.7 Å². The topological polar surface area (TPSA) is 77.0 Å². The second-order valence-corrected chi connectivity index (χ2v) is 7.30. The highest BCUT2D eigenvalue weighted by Crippen LogP contribution is 2.21. The van der Waals surface area contributed by atoms with Gasteiger partial charge < -0.3 is 10.6 Å². The van der Waals surface area contributed by atoms with E-state index in [1.807, 2.05) is 18.2 Å². The van der Waals surface area contributed by atoms with Gasteiger partial charge in [0.15, 0.2) is 0 Å². The summed E-state index contributed by atoms with van der Waals surface area (Å²) in [6.07, 6.45) is 2.36. The SMILES string of the molecule is CCCc1nc(C(=O)N(C)CCC(N)C(C)C)nn1-c1ccccc1Cl. The zero-order valence-electron chi connectivity index (χ0n) is 15.9. The van der Waals surface area contributed by atoms with E-state index in [1.54, 1.807) is 22.7 Å². The van der Waals surface area contributed by atoms with E-state index in [-0.39, 0.29) is 17.8 Å². The van der Waals surface area contributed by atoms with Crippen LogP contribution in [0.1, 0.15) is 50.1 Å².